The highest BCUT2D eigenvalue weighted by atomic mass is 79.9. The summed E-state index contributed by atoms with van der Waals surface area (Å²) in [5.74, 6) is -0.0287. The summed E-state index contributed by atoms with van der Waals surface area (Å²) < 4.78 is 11.4. The molecule has 7 heteroatoms. The number of halogens is 3. The van der Waals surface area contributed by atoms with Crippen molar-refractivity contribution in [3.05, 3.63) is 31.8 Å². The monoisotopic (exact) mass is 407 g/mol. The van der Waals surface area contributed by atoms with Crippen molar-refractivity contribution in [1.82, 2.24) is 4.98 Å². The van der Waals surface area contributed by atoms with Crippen LogP contribution in [0.2, 0.25) is 5.02 Å². The molecule has 0 aliphatic heterocycles. The summed E-state index contributed by atoms with van der Waals surface area (Å²) in [6, 6.07) is 1.81. The van der Waals surface area contributed by atoms with Gasteiger partial charge in [-0.15, -0.1) is 0 Å². The lowest BCUT2D eigenvalue weighted by Gasteiger charge is -2.12. The van der Waals surface area contributed by atoms with Gasteiger partial charge in [-0.3, -0.25) is 4.98 Å². The molecule has 100 valence electrons. The van der Waals surface area contributed by atoms with Gasteiger partial charge in [-0.05, 0) is 37.9 Å². The first-order chi connectivity index (χ1) is 9.01. The van der Waals surface area contributed by atoms with Crippen LogP contribution in [-0.4, -0.2) is 25.2 Å². The summed E-state index contributed by atoms with van der Waals surface area (Å²) in [4.78, 5) is 15.9. The molecule has 0 fully saturated rings. The van der Waals surface area contributed by atoms with Gasteiger partial charge >= 0.3 is 5.97 Å². The van der Waals surface area contributed by atoms with Gasteiger partial charge in [0.15, 0.2) is 0 Å². The number of nitrogens with zero attached hydrogens (tertiary/aromatic N) is 1. The lowest BCUT2D eigenvalue weighted by atomic mass is 10.1. The lowest BCUT2D eigenvalue weighted by molar-refractivity contribution is 0.0600. The van der Waals surface area contributed by atoms with Crippen LogP contribution >= 0.6 is 43.5 Å². The summed E-state index contributed by atoms with van der Waals surface area (Å²) in [7, 11) is 2.81. The van der Waals surface area contributed by atoms with Crippen molar-refractivity contribution in [1.29, 1.82) is 0 Å². The maximum Gasteiger partial charge on any atom is 0.340 e. The molecule has 0 aliphatic rings. The second-order valence-electron chi connectivity index (χ2n) is 3.57. The van der Waals surface area contributed by atoms with E-state index in [1.807, 2.05) is 6.07 Å². The van der Waals surface area contributed by atoms with Gasteiger partial charge in [-0.2, -0.15) is 0 Å². The van der Waals surface area contributed by atoms with Crippen LogP contribution in [0.25, 0.3) is 10.9 Å². The number of carbonyl (C=O) groups excluding carboxylic acids is 1. The zero-order valence-electron chi connectivity index (χ0n) is 9.96. The fraction of sp³-hybridized carbons (Fsp3) is 0.167. The van der Waals surface area contributed by atoms with E-state index in [0.717, 1.165) is 4.47 Å². The van der Waals surface area contributed by atoms with Crippen LogP contribution < -0.4 is 4.74 Å². The minimum absolute atomic E-state index is 0.194. The van der Waals surface area contributed by atoms with E-state index in [1.54, 1.807) is 0 Å². The Kier molecular flexibility index (Phi) is 4.32. The normalized spacial score (nSPS) is 10.6. The molecule has 1 aromatic carbocycles. The van der Waals surface area contributed by atoms with Gasteiger partial charge in [0.2, 0.25) is 0 Å². The largest absolute Gasteiger partial charge is 0.495 e. The fourth-order valence-corrected chi connectivity index (χ4v) is 3.42. The van der Waals surface area contributed by atoms with Gasteiger partial charge in [0.05, 0.1) is 40.2 Å². The molecule has 0 amide bonds. The first kappa shape index (κ1) is 14.6. The van der Waals surface area contributed by atoms with Gasteiger partial charge in [-0.25, -0.2) is 4.79 Å². The van der Waals surface area contributed by atoms with Gasteiger partial charge in [-0.1, -0.05) is 11.6 Å². The Hall–Kier alpha value is -0.850. The van der Waals surface area contributed by atoms with Crippen molar-refractivity contribution in [2.45, 2.75) is 0 Å². The Morgan fingerprint density at radius 3 is 2.58 bits per heavy atom. The van der Waals surface area contributed by atoms with Crippen LogP contribution in [0, 0.1) is 0 Å². The van der Waals surface area contributed by atoms with Crippen molar-refractivity contribution in [3.8, 4) is 5.75 Å². The first-order valence-electron chi connectivity index (χ1n) is 5.09. The van der Waals surface area contributed by atoms with Gasteiger partial charge < -0.3 is 9.47 Å². The number of fused-ring (bicyclic) bond motifs is 1. The van der Waals surface area contributed by atoms with Gasteiger partial charge in [0.25, 0.3) is 0 Å². The van der Waals surface area contributed by atoms with E-state index in [2.05, 4.69) is 41.6 Å². The minimum atomic E-state index is -0.544. The maximum atomic E-state index is 11.6. The highest BCUT2D eigenvalue weighted by Crippen LogP contribution is 2.42. The third-order valence-corrected chi connectivity index (χ3v) is 4.13. The molecule has 1 aromatic heterocycles. The summed E-state index contributed by atoms with van der Waals surface area (Å²) in [6.45, 7) is 0. The van der Waals surface area contributed by atoms with Crippen molar-refractivity contribution >= 4 is 60.3 Å². The molecule has 0 radical (unpaired) electrons. The Balaban J connectivity index is 2.91. The van der Waals surface area contributed by atoms with E-state index in [-0.39, 0.29) is 10.6 Å². The summed E-state index contributed by atoms with van der Waals surface area (Å²) >= 11 is 13.1. The molecular formula is C12H8Br2ClNO3. The highest BCUT2D eigenvalue weighted by Gasteiger charge is 2.20. The van der Waals surface area contributed by atoms with Crippen LogP contribution in [0.15, 0.2) is 21.2 Å². The van der Waals surface area contributed by atoms with Crippen LogP contribution in [0.1, 0.15) is 10.4 Å². The van der Waals surface area contributed by atoms with Crippen molar-refractivity contribution in [2.24, 2.45) is 0 Å². The Morgan fingerprint density at radius 2 is 2.00 bits per heavy atom. The Morgan fingerprint density at radius 1 is 1.32 bits per heavy atom. The van der Waals surface area contributed by atoms with Crippen LogP contribution in [-0.2, 0) is 4.74 Å². The van der Waals surface area contributed by atoms with Gasteiger partial charge in [0, 0.05) is 10.7 Å². The molecule has 0 saturated heterocycles. The molecule has 0 saturated carbocycles. The molecule has 1 heterocycles. The second-order valence-corrected chi connectivity index (χ2v) is 5.66. The smallest absolute Gasteiger partial charge is 0.340 e. The minimum Gasteiger partial charge on any atom is -0.495 e. The maximum absolute atomic E-state index is 11.6. The zero-order valence-corrected chi connectivity index (χ0v) is 13.9. The molecule has 0 bridgehead atoms. The third-order valence-electron chi connectivity index (χ3n) is 2.55. The quantitative estimate of drug-likeness (QED) is 0.698. The SMILES string of the molecule is COC(=O)c1cnc2c(Br)cc(Br)c(OC)c2c1Cl. The Bertz CT molecular complexity index is 676. The second kappa shape index (κ2) is 5.64. The highest BCUT2D eigenvalue weighted by molar-refractivity contribution is 9.11. The summed E-state index contributed by atoms with van der Waals surface area (Å²) in [6.07, 6.45) is 1.38. The van der Waals surface area contributed by atoms with Crippen LogP contribution in [0.5, 0.6) is 5.75 Å². The Labute approximate surface area is 131 Å². The number of rotatable bonds is 2. The molecule has 19 heavy (non-hydrogen) atoms. The summed E-state index contributed by atoms with van der Waals surface area (Å²) in [5.41, 5.74) is 0.803. The number of hydrogen-bond acceptors (Lipinski definition) is 4. The number of hydrogen-bond donors (Lipinski definition) is 0. The lowest BCUT2D eigenvalue weighted by Crippen LogP contribution is -2.04. The van der Waals surface area contributed by atoms with E-state index in [4.69, 9.17) is 16.3 Å². The molecule has 4 nitrogen and oxygen atoms in total. The van der Waals surface area contributed by atoms with E-state index in [0.29, 0.717) is 21.1 Å². The predicted octanol–water partition coefficient (Wildman–Crippen LogP) is 4.21. The molecule has 0 atom stereocenters. The average molecular weight is 409 g/mol. The number of esters is 1. The van der Waals surface area contributed by atoms with E-state index >= 15 is 0 Å². The number of aromatic nitrogens is 1. The molecule has 2 aromatic rings. The summed E-state index contributed by atoms with van der Waals surface area (Å²) in [5, 5.41) is 0.795. The molecule has 0 unspecified atom stereocenters. The number of ether oxygens (including phenoxy) is 2. The van der Waals surface area contributed by atoms with E-state index < -0.39 is 5.97 Å². The predicted molar refractivity (Wildman–Crippen MR) is 80.0 cm³/mol. The van der Waals surface area contributed by atoms with Crippen molar-refractivity contribution in [3.63, 3.8) is 0 Å². The zero-order chi connectivity index (χ0) is 14.2. The van der Waals surface area contributed by atoms with E-state index in [9.17, 15) is 4.79 Å². The molecule has 0 spiro atoms. The van der Waals surface area contributed by atoms with Crippen LogP contribution in [0.3, 0.4) is 0 Å². The molecule has 2 rings (SSSR count). The number of carbonyl (C=O) groups is 1. The third kappa shape index (κ3) is 2.44. The standard InChI is InChI=1S/C12H8Br2ClNO3/c1-18-11-7(14)3-6(13)10-8(11)9(15)5(4-16-10)12(17)19-2/h3-4H,1-2H3. The van der Waals surface area contributed by atoms with Crippen molar-refractivity contribution < 1.29 is 14.3 Å². The van der Waals surface area contributed by atoms with Gasteiger partial charge in [0.1, 0.15) is 5.75 Å². The van der Waals surface area contributed by atoms with Crippen molar-refractivity contribution in [2.75, 3.05) is 14.2 Å². The number of pyridine rings is 1. The first-order valence-corrected chi connectivity index (χ1v) is 7.06. The number of methoxy groups -OCH3 is 2. The van der Waals surface area contributed by atoms with E-state index in [1.165, 1.54) is 20.4 Å². The van der Waals surface area contributed by atoms with Crippen LogP contribution in [0.4, 0.5) is 0 Å². The topological polar surface area (TPSA) is 48.4 Å². The number of benzene rings is 1. The molecular weight excluding hydrogens is 401 g/mol. The molecule has 0 N–H and O–H groups in total. The average Bonchev–Trinajstić information content (AvgIpc) is 2.39. The molecule has 0 aliphatic carbocycles. The fourth-order valence-electron chi connectivity index (χ4n) is 1.69.